The lowest BCUT2D eigenvalue weighted by Crippen LogP contribution is -2.00. The molecule has 0 aliphatic heterocycles. The van der Waals surface area contributed by atoms with Crippen LogP contribution < -0.4 is 5.11 Å². The zero-order valence-electron chi connectivity index (χ0n) is 12.9. The summed E-state index contributed by atoms with van der Waals surface area (Å²) in [4.78, 5) is 16.1. The standard InChI is InChI=1S/C20H13NO4/c22-11-5-7-15-17(9-11)21-18-10-12(23)6-8-16(18)19(15)13-3-1-2-4-14(13)20(24)25/h1-10,22-23H,(H,24,25)/p-1. The minimum Gasteiger partial charge on any atom is -0.872 e. The second-order valence-electron chi connectivity index (χ2n) is 5.72. The summed E-state index contributed by atoms with van der Waals surface area (Å²) in [6.45, 7) is 0. The first-order valence-electron chi connectivity index (χ1n) is 7.61. The third-order valence-electron chi connectivity index (χ3n) is 4.16. The Morgan fingerprint density at radius 1 is 0.920 bits per heavy atom. The number of aromatic nitrogens is 1. The Kier molecular flexibility index (Phi) is 3.28. The summed E-state index contributed by atoms with van der Waals surface area (Å²) in [5, 5.41) is 32.4. The van der Waals surface area contributed by atoms with E-state index in [1.165, 1.54) is 30.3 Å². The SMILES string of the molecule is O=C(O)c1ccccc1-c1c2ccc([O-])cc2nc2cc(O)ccc12. The van der Waals surface area contributed by atoms with E-state index in [1.807, 2.05) is 0 Å². The number of aromatic hydroxyl groups is 1. The molecule has 1 heterocycles. The van der Waals surface area contributed by atoms with Gasteiger partial charge in [0.25, 0.3) is 0 Å². The molecule has 5 nitrogen and oxygen atoms in total. The van der Waals surface area contributed by atoms with E-state index in [2.05, 4.69) is 4.98 Å². The fraction of sp³-hybridized carbons (Fsp3) is 0. The average molecular weight is 330 g/mol. The van der Waals surface area contributed by atoms with E-state index in [4.69, 9.17) is 0 Å². The number of pyridine rings is 1. The van der Waals surface area contributed by atoms with E-state index in [0.717, 1.165) is 0 Å². The molecule has 4 aromatic rings. The van der Waals surface area contributed by atoms with Gasteiger partial charge >= 0.3 is 5.97 Å². The van der Waals surface area contributed by atoms with Gasteiger partial charge in [0.15, 0.2) is 0 Å². The highest BCUT2D eigenvalue weighted by molar-refractivity contribution is 6.13. The molecule has 0 aliphatic rings. The first-order chi connectivity index (χ1) is 12.0. The Morgan fingerprint density at radius 3 is 2.36 bits per heavy atom. The van der Waals surface area contributed by atoms with Gasteiger partial charge < -0.3 is 15.3 Å². The predicted octanol–water partition coefficient (Wildman–Crippen LogP) is 3.53. The Balaban J connectivity index is 2.22. The van der Waals surface area contributed by atoms with Gasteiger partial charge in [0.1, 0.15) is 5.75 Å². The number of hydrogen-bond acceptors (Lipinski definition) is 4. The molecule has 0 bridgehead atoms. The maximum atomic E-state index is 11.7. The normalized spacial score (nSPS) is 11.0. The highest BCUT2D eigenvalue weighted by atomic mass is 16.4. The fourth-order valence-corrected chi connectivity index (χ4v) is 3.09. The summed E-state index contributed by atoms with van der Waals surface area (Å²) >= 11 is 0. The van der Waals surface area contributed by atoms with Gasteiger partial charge in [-0.3, -0.25) is 0 Å². The van der Waals surface area contributed by atoms with Crippen molar-refractivity contribution in [2.45, 2.75) is 0 Å². The van der Waals surface area contributed by atoms with Crippen molar-refractivity contribution >= 4 is 27.8 Å². The Morgan fingerprint density at radius 2 is 1.60 bits per heavy atom. The van der Waals surface area contributed by atoms with E-state index in [9.17, 15) is 20.1 Å². The number of phenolic OH excluding ortho intramolecular Hbond substituents is 1. The maximum Gasteiger partial charge on any atom is 0.336 e. The lowest BCUT2D eigenvalue weighted by atomic mass is 9.92. The molecule has 4 rings (SSSR count). The minimum atomic E-state index is -1.03. The smallest absolute Gasteiger partial charge is 0.336 e. The van der Waals surface area contributed by atoms with Crippen LogP contribution in [0.1, 0.15) is 10.4 Å². The van der Waals surface area contributed by atoms with Gasteiger partial charge in [-0.1, -0.05) is 30.3 Å². The molecule has 0 saturated carbocycles. The Labute approximate surface area is 142 Å². The van der Waals surface area contributed by atoms with Crippen LogP contribution in [0, 0.1) is 0 Å². The summed E-state index contributed by atoms with van der Waals surface area (Å²) in [7, 11) is 0. The number of carboxylic acids is 1. The predicted molar refractivity (Wildman–Crippen MR) is 92.8 cm³/mol. The van der Waals surface area contributed by atoms with Crippen LogP contribution in [0.3, 0.4) is 0 Å². The van der Waals surface area contributed by atoms with Crippen molar-refractivity contribution in [1.29, 1.82) is 0 Å². The monoisotopic (exact) mass is 330 g/mol. The van der Waals surface area contributed by atoms with Crippen molar-refractivity contribution in [3.63, 3.8) is 0 Å². The largest absolute Gasteiger partial charge is 0.872 e. The van der Waals surface area contributed by atoms with Crippen molar-refractivity contribution in [1.82, 2.24) is 4.98 Å². The zero-order valence-corrected chi connectivity index (χ0v) is 12.9. The second-order valence-corrected chi connectivity index (χ2v) is 5.72. The number of fused-ring (bicyclic) bond motifs is 2. The molecule has 0 spiro atoms. The van der Waals surface area contributed by atoms with E-state index in [-0.39, 0.29) is 17.1 Å². The fourth-order valence-electron chi connectivity index (χ4n) is 3.09. The summed E-state index contributed by atoms with van der Waals surface area (Å²) in [5.41, 5.74) is 2.33. The van der Waals surface area contributed by atoms with Crippen molar-refractivity contribution in [2.75, 3.05) is 0 Å². The number of carboxylic acid groups (broad SMARTS) is 1. The lowest BCUT2D eigenvalue weighted by molar-refractivity contribution is -0.268. The van der Waals surface area contributed by atoms with Crippen molar-refractivity contribution < 1.29 is 20.1 Å². The van der Waals surface area contributed by atoms with E-state index in [0.29, 0.717) is 32.9 Å². The molecule has 0 fully saturated rings. The molecular formula is C20H12NO4-. The number of rotatable bonds is 2. The van der Waals surface area contributed by atoms with Crippen LogP contribution in [0.2, 0.25) is 0 Å². The summed E-state index contributed by atoms with van der Waals surface area (Å²) in [6, 6.07) is 15.9. The number of phenols is 1. The third kappa shape index (κ3) is 2.42. The molecule has 0 unspecified atom stereocenters. The average Bonchev–Trinajstić information content (AvgIpc) is 2.59. The Hall–Kier alpha value is -3.60. The van der Waals surface area contributed by atoms with Gasteiger partial charge in [-0.15, -0.1) is 5.75 Å². The maximum absolute atomic E-state index is 11.7. The molecular weight excluding hydrogens is 318 g/mol. The summed E-state index contributed by atoms with van der Waals surface area (Å²) in [5.74, 6) is -1.17. The molecule has 3 aromatic carbocycles. The highest BCUT2D eigenvalue weighted by Crippen LogP contribution is 2.38. The number of carbonyl (C=O) groups is 1. The molecule has 0 atom stereocenters. The van der Waals surface area contributed by atoms with Crippen LogP contribution in [0.5, 0.6) is 11.5 Å². The van der Waals surface area contributed by atoms with Crippen LogP contribution in [0.25, 0.3) is 32.9 Å². The van der Waals surface area contributed by atoms with Gasteiger partial charge in [-0.2, -0.15) is 0 Å². The molecule has 0 amide bonds. The first kappa shape index (κ1) is 15.0. The van der Waals surface area contributed by atoms with Gasteiger partial charge in [0.05, 0.1) is 16.6 Å². The van der Waals surface area contributed by atoms with Crippen molar-refractivity contribution in [2.24, 2.45) is 0 Å². The molecule has 0 radical (unpaired) electrons. The first-order valence-corrected chi connectivity index (χ1v) is 7.61. The van der Waals surface area contributed by atoms with Crippen LogP contribution >= 0.6 is 0 Å². The number of benzene rings is 3. The lowest BCUT2D eigenvalue weighted by Gasteiger charge is -2.15. The van der Waals surface area contributed by atoms with E-state index in [1.54, 1.807) is 30.3 Å². The van der Waals surface area contributed by atoms with Crippen molar-refractivity contribution in [3.05, 3.63) is 66.2 Å². The van der Waals surface area contributed by atoms with Gasteiger partial charge in [0.2, 0.25) is 0 Å². The topological polar surface area (TPSA) is 93.5 Å². The molecule has 5 heteroatoms. The molecule has 2 N–H and O–H groups in total. The molecule has 1 aromatic heterocycles. The second kappa shape index (κ2) is 5.49. The van der Waals surface area contributed by atoms with Gasteiger partial charge in [-0.25, -0.2) is 9.78 Å². The highest BCUT2D eigenvalue weighted by Gasteiger charge is 2.17. The van der Waals surface area contributed by atoms with Crippen LogP contribution in [0.15, 0.2) is 60.7 Å². The number of hydrogen-bond donors (Lipinski definition) is 2. The zero-order chi connectivity index (χ0) is 17.6. The summed E-state index contributed by atoms with van der Waals surface area (Å²) < 4.78 is 0. The summed E-state index contributed by atoms with van der Waals surface area (Å²) in [6.07, 6.45) is 0. The number of aromatic carboxylic acids is 1. The van der Waals surface area contributed by atoms with Crippen molar-refractivity contribution in [3.8, 4) is 22.6 Å². The van der Waals surface area contributed by atoms with Crippen LogP contribution in [-0.4, -0.2) is 21.2 Å². The quantitative estimate of drug-likeness (QED) is 0.548. The van der Waals surface area contributed by atoms with E-state index < -0.39 is 5.97 Å². The number of nitrogens with zero attached hydrogens (tertiary/aromatic N) is 1. The molecule has 122 valence electrons. The molecule has 0 aliphatic carbocycles. The van der Waals surface area contributed by atoms with Gasteiger partial charge in [0, 0.05) is 22.4 Å². The third-order valence-corrected chi connectivity index (χ3v) is 4.16. The van der Waals surface area contributed by atoms with Crippen LogP contribution in [-0.2, 0) is 0 Å². The van der Waals surface area contributed by atoms with E-state index >= 15 is 0 Å². The minimum absolute atomic E-state index is 0.0510. The van der Waals surface area contributed by atoms with Gasteiger partial charge in [-0.05, 0) is 29.8 Å². The van der Waals surface area contributed by atoms with Crippen LogP contribution in [0.4, 0.5) is 0 Å². The Bertz CT molecular complexity index is 1090. The molecule has 0 saturated heterocycles. The molecule has 25 heavy (non-hydrogen) atoms.